The summed E-state index contributed by atoms with van der Waals surface area (Å²) < 4.78 is 11.3. The summed E-state index contributed by atoms with van der Waals surface area (Å²) in [6, 6.07) is 17.6. The van der Waals surface area contributed by atoms with Gasteiger partial charge in [0.25, 0.3) is 0 Å². The standard InChI is InChI=1S/C32H46N2O4.ClH/c1-6-18-37-19-15-24(2)20-28(33)29(35)22-34(30(36)38-23-25-11-8-7-9-12-25)32(16-17-32)27-14-10-13-26(21-27)31(3,4)5;/h6-14,21,24,28-29,35H,1,15-20,22-23,33H2,2-5H3;1H/t24-,28+,29-;/m1./s1. The highest BCUT2D eigenvalue weighted by atomic mass is 35.5. The molecular formula is C32H47ClN2O4. The van der Waals surface area contributed by atoms with Crippen LogP contribution in [0.1, 0.15) is 70.1 Å². The molecule has 3 rings (SSSR count). The Hall–Kier alpha value is -2.38. The zero-order valence-corrected chi connectivity index (χ0v) is 24.8. The molecule has 1 fully saturated rings. The number of carbonyl (C=O) groups excluding carboxylic acids is 1. The van der Waals surface area contributed by atoms with Crippen LogP contribution in [0, 0.1) is 5.92 Å². The number of carbonyl (C=O) groups is 1. The predicted molar refractivity (Wildman–Crippen MR) is 160 cm³/mol. The van der Waals surface area contributed by atoms with E-state index >= 15 is 0 Å². The zero-order valence-electron chi connectivity index (χ0n) is 24.0. The van der Waals surface area contributed by atoms with Gasteiger partial charge in [-0.1, -0.05) is 88.4 Å². The maximum absolute atomic E-state index is 13.6. The first-order valence-electron chi connectivity index (χ1n) is 13.8. The van der Waals surface area contributed by atoms with E-state index < -0.39 is 23.8 Å². The van der Waals surface area contributed by atoms with E-state index in [0.29, 0.717) is 19.6 Å². The van der Waals surface area contributed by atoms with E-state index in [4.69, 9.17) is 15.2 Å². The average Bonchev–Trinajstić information content (AvgIpc) is 3.70. The number of ether oxygens (including phenoxy) is 2. The Morgan fingerprint density at radius 1 is 1.18 bits per heavy atom. The fourth-order valence-corrected chi connectivity index (χ4v) is 4.84. The molecule has 7 heteroatoms. The predicted octanol–water partition coefficient (Wildman–Crippen LogP) is 6.34. The van der Waals surface area contributed by atoms with Crippen LogP contribution in [0.3, 0.4) is 0 Å². The number of nitrogens with zero attached hydrogens (tertiary/aromatic N) is 1. The Kier molecular flexibility index (Phi) is 12.5. The number of aliphatic hydroxyl groups excluding tert-OH is 1. The molecule has 1 aliphatic carbocycles. The third-order valence-electron chi connectivity index (χ3n) is 7.46. The average molecular weight is 559 g/mol. The molecule has 1 aliphatic rings. The Morgan fingerprint density at radius 3 is 2.49 bits per heavy atom. The van der Waals surface area contributed by atoms with Crippen molar-refractivity contribution in [2.75, 3.05) is 19.8 Å². The zero-order chi connectivity index (χ0) is 27.8. The van der Waals surface area contributed by atoms with Gasteiger partial charge in [0.05, 0.1) is 24.8 Å². The van der Waals surface area contributed by atoms with Gasteiger partial charge in [0.1, 0.15) is 6.61 Å². The molecule has 3 atom stereocenters. The number of benzene rings is 2. The molecule has 0 aliphatic heterocycles. The summed E-state index contributed by atoms with van der Waals surface area (Å²) in [5.74, 6) is 0.279. The second-order valence-electron chi connectivity index (χ2n) is 11.7. The molecule has 2 aromatic carbocycles. The minimum absolute atomic E-state index is 0. The topological polar surface area (TPSA) is 85.0 Å². The Morgan fingerprint density at radius 2 is 1.87 bits per heavy atom. The highest BCUT2D eigenvalue weighted by Gasteiger charge is 2.53. The van der Waals surface area contributed by atoms with Crippen molar-refractivity contribution in [2.24, 2.45) is 11.7 Å². The molecule has 216 valence electrons. The van der Waals surface area contributed by atoms with Crippen LogP contribution in [-0.4, -0.2) is 48.0 Å². The summed E-state index contributed by atoms with van der Waals surface area (Å²) >= 11 is 0. The van der Waals surface area contributed by atoms with Gasteiger partial charge >= 0.3 is 6.09 Å². The molecule has 1 saturated carbocycles. The molecule has 0 bridgehead atoms. The molecule has 0 aromatic heterocycles. The van der Waals surface area contributed by atoms with E-state index in [1.54, 1.807) is 11.0 Å². The molecule has 0 saturated heterocycles. The smallest absolute Gasteiger partial charge is 0.410 e. The molecule has 3 N–H and O–H groups in total. The Balaban J connectivity index is 0.00000533. The molecule has 2 aromatic rings. The van der Waals surface area contributed by atoms with Crippen molar-refractivity contribution in [1.29, 1.82) is 0 Å². The fourth-order valence-electron chi connectivity index (χ4n) is 4.84. The van der Waals surface area contributed by atoms with E-state index in [1.807, 2.05) is 30.3 Å². The van der Waals surface area contributed by atoms with Crippen molar-refractivity contribution in [3.8, 4) is 0 Å². The van der Waals surface area contributed by atoms with Crippen LogP contribution < -0.4 is 5.73 Å². The first-order valence-corrected chi connectivity index (χ1v) is 13.8. The maximum Gasteiger partial charge on any atom is 0.410 e. The van der Waals surface area contributed by atoms with E-state index in [2.05, 4.69) is 58.5 Å². The lowest BCUT2D eigenvalue weighted by molar-refractivity contribution is 0.0338. The molecular weight excluding hydrogens is 512 g/mol. The van der Waals surface area contributed by atoms with Crippen molar-refractivity contribution in [3.63, 3.8) is 0 Å². The molecule has 0 radical (unpaired) electrons. The van der Waals surface area contributed by atoms with Gasteiger partial charge in [0.2, 0.25) is 0 Å². The van der Waals surface area contributed by atoms with Crippen molar-refractivity contribution < 1.29 is 19.4 Å². The van der Waals surface area contributed by atoms with E-state index in [9.17, 15) is 9.90 Å². The fraction of sp³-hybridized carbons (Fsp3) is 0.531. The molecule has 0 heterocycles. The third kappa shape index (κ3) is 9.35. The monoisotopic (exact) mass is 558 g/mol. The minimum atomic E-state index is -0.876. The summed E-state index contributed by atoms with van der Waals surface area (Å²) in [7, 11) is 0. The normalized spacial score (nSPS) is 16.4. The van der Waals surface area contributed by atoms with Gasteiger partial charge in [-0.05, 0) is 53.7 Å². The number of amides is 1. The lowest BCUT2D eigenvalue weighted by atomic mass is 9.85. The SMILES string of the molecule is C=CCOCC[C@@H](C)C[C@H](N)[C@H](O)CN(C(=O)OCc1ccccc1)C1(c2cccc(C(C)(C)C)c2)CC1.Cl. The summed E-state index contributed by atoms with van der Waals surface area (Å²) in [5.41, 5.74) is 9.16. The largest absolute Gasteiger partial charge is 0.445 e. The summed E-state index contributed by atoms with van der Waals surface area (Å²) in [6.07, 6.45) is 3.55. The summed E-state index contributed by atoms with van der Waals surface area (Å²) in [5, 5.41) is 11.2. The quantitative estimate of drug-likeness (QED) is 0.209. The number of halogens is 1. The maximum atomic E-state index is 13.6. The van der Waals surface area contributed by atoms with Crippen molar-refractivity contribution in [2.45, 2.75) is 83.1 Å². The Bertz CT molecular complexity index is 1040. The molecule has 0 spiro atoms. The van der Waals surface area contributed by atoms with Gasteiger partial charge in [-0.2, -0.15) is 0 Å². The molecule has 6 nitrogen and oxygen atoms in total. The van der Waals surface area contributed by atoms with Crippen LogP contribution in [0.15, 0.2) is 67.3 Å². The second-order valence-corrected chi connectivity index (χ2v) is 11.7. The number of hydrogen-bond acceptors (Lipinski definition) is 5. The van der Waals surface area contributed by atoms with Gasteiger partial charge in [0, 0.05) is 12.6 Å². The minimum Gasteiger partial charge on any atom is -0.445 e. The molecule has 39 heavy (non-hydrogen) atoms. The van der Waals surface area contributed by atoms with Crippen LogP contribution in [0.2, 0.25) is 0 Å². The van der Waals surface area contributed by atoms with Gasteiger partial charge in [0.15, 0.2) is 0 Å². The summed E-state index contributed by atoms with van der Waals surface area (Å²) in [4.78, 5) is 15.3. The van der Waals surface area contributed by atoms with Crippen LogP contribution in [-0.2, 0) is 27.0 Å². The second kappa shape index (κ2) is 14.8. The van der Waals surface area contributed by atoms with Crippen molar-refractivity contribution >= 4 is 18.5 Å². The molecule has 1 amide bonds. The van der Waals surface area contributed by atoms with Crippen molar-refractivity contribution in [3.05, 3.63) is 83.9 Å². The lowest BCUT2D eigenvalue weighted by Gasteiger charge is -2.35. The van der Waals surface area contributed by atoms with E-state index in [-0.39, 0.29) is 36.9 Å². The number of aliphatic hydroxyl groups is 1. The van der Waals surface area contributed by atoms with Crippen molar-refractivity contribution in [1.82, 2.24) is 4.90 Å². The van der Waals surface area contributed by atoms with E-state index in [0.717, 1.165) is 30.4 Å². The van der Waals surface area contributed by atoms with Gasteiger partial charge in [-0.15, -0.1) is 19.0 Å². The highest BCUT2D eigenvalue weighted by molar-refractivity contribution is 5.85. The first-order chi connectivity index (χ1) is 18.1. The summed E-state index contributed by atoms with van der Waals surface area (Å²) in [6.45, 7) is 13.8. The Labute approximate surface area is 241 Å². The first kappa shape index (κ1) is 32.8. The lowest BCUT2D eigenvalue weighted by Crippen LogP contribution is -2.50. The van der Waals surface area contributed by atoms with Gasteiger partial charge < -0.3 is 20.3 Å². The number of hydrogen-bond donors (Lipinski definition) is 2. The van der Waals surface area contributed by atoms with E-state index in [1.165, 1.54) is 5.56 Å². The van der Waals surface area contributed by atoms with Crippen LogP contribution in [0.25, 0.3) is 0 Å². The van der Waals surface area contributed by atoms with Crippen LogP contribution in [0.5, 0.6) is 0 Å². The molecule has 0 unspecified atom stereocenters. The van der Waals surface area contributed by atoms with Gasteiger partial charge in [-0.25, -0.2) is 4.79 Å². The van der Waals surface area contributed by atoms with Gasteiger partial charge in [-0.3, -0.25) is 4.90 Å². The number of rotatable bonds is 14. The van der Waals surface area contributed by atoms with Crippen LogP contribution in [0.4, 0.5) is 4.79 Å². The van der Waals surface area contributed by atoms with Crippen LogP contribution >= 0.6 is 12.4 Å². The highest BCUT2D eigenvalue weighted by Crippen LogP contribution is 2.52. The third-order valence-corrected chi connectivity index (χ3v) is 7.46. The number of nitrogens with two attached hydrogens (primary N) is 1.